The summed E-state index contributed by atoms with van der Waals surface area (Å²) in [6, 6.07) is 0. The Morgan fingerprint density at radius 1 is 1.83 bits per heavy atom. The molecule has 0 aromatic carbocycles. The lowest BCUT2D eigenvalue weighted by molar-refractivity contribution is 0.0310. The first-order valence-corrected chi connectivity index (χ1v) is 1.55. The molecule has 4 heteroatoms. The van der Waals surface area contributed by atoms with Gasteiger partial charge in [0.25, 0.3) is 0 Å². The average Bonchev–Trinajstić information content (AvgIpc) is 1.35. The predicted molar refractivity (Wildman–Crippen MR) is 22.1 cm³/mol. The summed E-state index contributed by atoms with van der Waals surface area (Å²) in [6.07, 6.45) is 0. The van der Waals surface area contributed by atoms with Crippen molar-refractivity contribution in [2.75, 3.05) is 0 Å². The van der Waals surface area contributed by atoms with E-state index in [1.807, 2.05) is 5.43 Å². The van der Waals surface area contributed by atoms with Crippen molar-refractivity contribution in [2.45, 2.75) is 12.8 Å². The maximum Gasteiger partial charge on any atom is 0.178 e. The SMILES string of the molecule is CC(N)(O)NN. The zero-order valence-electron chi connectivity index (χ0n) is 3.60. The van der Waals surface area contributed by atoms with Crippen LogP contribution in [-0.2, 0) is 0 Å². The molecule has 0 aromatic heterocycles. The minimum absolute atomic E-state index is 1.34. The van der Waals surface area contributed by atoms with Crippen molar-refractivity contribution in [1.29, 1.82) is 0 Å². The van der Waals surface area contributed by atoms with Crippen molar-refractivity contribution in [3.63, 3.8) is 0 Å². The summed E-state index contributed by atoms with van der Waals surface area (Å²) in [6.45, 7) is 1.34. The summed E-state index contributed by atoms with van der Waals surface area (Å²) in [7, 11) is 0. The summed E-state index contributed by atoms with van der Waals surface area (Å²) in [5.74, 6) is 3.25. The molecule has 6 heavy (non-hydrogen) atoms. The molecule has 0 rings (SSSR count). The molecule has 0 saturated carbocycles. The Morgan fingerprint density at radius 2 is 2.00 bits per heavy atom. The molecule has 0 spiro atoms. The summed E-state index contributed by atoms with van der Waals surface area (Å²) in [5.41, 5.74) is 6.79. The lowest BCUT2D eigenvalue weighted by Gasteiger charge is -2.13. The maximum atomic E-state index is 8.37. The highest BCUT2D eigenvalue weighted by Crippen LogP contribution is 1.75. The fourth-order valence-corrected chi connectivity index (χ4v) is 0. The number of hydrazine groups is 1. The van der Waals surface area contributed by atoms with Crippen LogP contribution in [0.2, 0.25) is 0 Å². The van der Waals surface area contributed by atoms with Gasteiger partial charge in [0.05, 0.1) is 0 Å². The summed E-state index contributed by atoms with van der Waals surface area (Å²) < 4.78 is 0. The molecule has 0 bridgehead atoms. The monoisotopic (exact) mass is 91.1 g/mol. The van der Waals surface area contributed by atoms with Crippen LogP contribution in [0.15, 0.2) is 0 Å². The van der Waals surface area contributed by atoms with Crippen LogP contribution in [0, 0.1) is 0 Å². The first-order chi connectivity index (χ1) is 2.56. The van der Waals surface area contributed by atoms with E-state index in [-0.39, 0.29) is 0 Å². The second kappa shape index (κ2) is 1.53. The molecule has 0 saturated heterocycles. The van der Waals surface area contributed by atoms with Gasteiger partial charge in [0.2, 0.25) is 0 Å². The number of rotatable bonds is 1. The van der Waals surface area contributed by atoms with Crippen molar-refractivity contribution < 1.29 is 5.11 Å². The molecule has 0 aliphatic carbocycles. The predicted octanol–water partition coefficient (Wildman–Crippen LogP) is -1.93. The minimum Gasteiger partial charge on any atom is -0.362 e. The van der Waals surface area contributed by atoms with Gasteiger partial charge in [-0.3, -0.25) is 11.6 Å². The molecule has 1 atom stereocenters. The van der Waals surface area contributed by atoms with Crippen LogP contribution in [0.25, 0.3) is 0 Å². The molecule has 1 unspecified atom stereocenters. The summed E-state index contributed by atoms with van der Waals surface area (Å²) in [4.78, 5) is 0. The number of nitrogens with two attached hydrogens (primary N) is 2. The van der Waals surface area contributed by atoms with Gasteiger partial charge in [-0.05, 0) is 6.92 Å². The molecular formula is C2H9N3O. The van der Waals surface area contributed by atoms with E-state index in [1.54, 1.807) is 0 Å². The number of hydrogen-bond acceptors (Lipinski definition) is 4. The summed E-state index contributed by atoms with van der Waals surface area (Å²) >= 11 is 0. The largest absolute Gasteiger partial charge is 0.362 e. The molecule has 0 heterocycles. The number of hydrogen-bond donors (Lipinski definition) is 4. The van der Waals surface area contributed by atoms with Crippen LogP contribution in [0.3, 0.4) is 0 Å². The third-order valence-electron chi connectivity index (χ3n) is 0.292. The highest BCUT2D eigenvalue weighted by atomic mass is 16.3. The highest BCUT2D eigenvalue weighted by Gasteiger charge is 2.05. The Labute approximate surface area is 36.1 Å². The van der Waals surface area contributed by atoms with Gasteiger partial charge < -0.3 is 5.11 Å². The third-order valence-corrected chi connectivity index (χ3v) is 0.292. The number of aliphatic hydroxyl groups is 1. The van der Waals surface area contributed by atoms with E-state index in [9.17, 15) is 0 Å². The van der Waals surface area contributed by atoms with E-state index in [2.05, 4.69) is 5.84 Å². The molecule has 38 valence electrons. The van der Waals surface area contributed by atoms with Crippen molar-refractivity contribution in [1.82, 2.24) is 5.43 Å². The van der Waals surface area contributed by atoms with Crippen molar-refractivity contribution in [2.24, 2.45) is 11.6 Å². The van der Waals surface area contributed by atoms with Crippen molar-refractivity contribution in [3.8, 4) is 0 Å². The van der Waals surface area contributed by atoms with Gasteiger partial charge >= 0.3 is 0 Å². The lowest BCUT2D eigenvalue weighted by Crippen LogP contribution is -2.54. The fraction of sp³-hybridized carbons (Fsp3) is 1.00. The van der Waals surface area contributed by atoms with E-state index in [0.29, 0.717) is 0 Å². The Hall–Kier alpha value is -0.160. The molecule has 0 fully saturated rings. The Bertz CT molecular complexity index is 38.5. The van der Waals surface area contributed by atoms with Gasteiger partial charge in [0, 0.05) is 0 Å². The first kappa shape index (κ1) is 5.84. The van der Waals surface area contributed by atoms with Crippen LogP contribution < -0.4 is 17.0 Å². The van der Waals surface area contributed by atoms with Crippen LogP contribution in [0.4, 0.5) is 0 Å². The Kier molecular flexibility index (Phi) is 1.48. The highest BCUT2D eigenvalue weighted by molar-refractivity contribution is 4.49. The van der Waals surface area contributed by atoms with Gasteiger partial charge in [-0.2, -0.15) is 0 Å². The third kappa shape index (κ3) is 3.84. The van der Waals surface area contributed by atoms with Gasteiger partial charge in [0.1, 0.15) is 0 Å². The molecule has 0 aliphatic heterocycles. The standard InChI is InChI=1S/C2H9N3O/c1-2(3,6)5-4/h5-6H,3-4H2,1H3. The van der Waals surface area contributed by atoms with Gasteiger partial charge in [0.15, 0.2) is 5.85 Å². The smallest absolute Gasteiger partial charge is 0.178 e. The van der Waals surface area contributed by atoms with Crippen LogP contribution in [0.5, 0.6) is 0 Å². The molecule has 6 N–H and O–H groups in total. The molecule has 4 nitrogen and oxygen atoms in total. The zero-order valence-corrected chi connectivity index (χ0v) is 3.60. The van der Waals surface area contributed by atoms with Crippen molar-refractivity contribution in [3.05, 3.63) is 0 Å². The number of nitrogens with one attached hydrogen (secondary N) is 1. The maximum absolute atomic E-state index is 8.37. The molecule has 0 radical (unpaired) electrons. The van der Waals surface area contributed by atoms with E-state index in [0.717, 1.165) is 0 Å². The minimum atomic E-state index is -1.43. The molecule has 0 aromatic rings. The Balaban J connectivity index is 3.17. The zero-order chi connectivity index (χ0) is 5.21. The lowest BCUT2D eigenvalue weighted by atomic mass is 10.5. The molecule has 0 amide bonds. The van der Waals surface area contributed by atoms with E-state index in [4.69, 9.17) is 10.8 Å². The first-order valence-electron chi connectivity index (χ1n) is 1.55. The van der Waals surface area contributed by atoms with Crippen LogP contribution in [-0.4, -0.2) is 11.0 Å². The second-order valence-corrected chi connectivity index (χ2v) is 1.29. The normalized spacial score (nSPS) is 20.0. The van der Waals surface area contributed by atoms with Crippen molar-refractivity contribution >= 4 is 0 Å². The molecule has 0 aliphatic rings. The van der Waals surface area contributed by atoms with Crippen LogP contribution in [0.1, 0.15) is 6.92 Å². The van der Waals surface area contributed by atoms with Crippen LogP contribution >= 0.6 is 0 Å². The molecular weight excluding hydrogens is 82.0 g/mol. The van der Waals surface area contributed by atoms with E-state index >= 15 is 0 Å². The van der Waals surface area contributed by atoms with E-state index in [1.165, 1.54) is 6.92 Å². The van der Waals surface area contributed by atoms with Gasteiger partial charge in [-0.1, -0.05) is 0 Å². The van der Waals surface area contributed by atoms with Gasteiger partial charge in [-0.15, -0.1) is 0 Å². The summed E-state index contributed by atoms with van der Waals surface area (Å²) in [5, 5.41) is 8.37. The van der Waals surface area contributed by atoms with E-state index < -0.39 is 5.85 Å². The average molecular weight is 91.1 g/mol. The second-order valence-electron chi connectivity index (χ2n) is 1.29. The fourth-order valence-electron chi connectivity index (χ4n) is 0. The topological polar surface area (TPSA) is 84.3 Å². The quantitative estimate of drug-likeness (QED) is 0.172. The van der Waals surface area contributed by atoms with Gasteiger partial charge in [-0.25, -0.2) is 5.43 Å². The Morgan fingerprint density at radius 3 is 2.00 bits per heavy atom.